The molecule has 0 aromatic carbocycles. The Bertz CT molecular complexity index is 258. The summed E-state index contributed by atoms with van der Waals surface area (Å²) >= 11 is 0. The van der Waals surface area contributed by atoms with E-state index in [1.165, 1.54) is 12.2 Å². The van der Waals surface area contributed by atoms with Crippen molar-refractivity contribution in [1.29, 1.82) is 0 Å². The van der Waals surface area contributed by atoms with E-state index < -0.39 is 16.4 Å². The van der Waals surface area contributed by atoms with Crippen molar-refractivity contribution in [1.82, 2.24) is 0 Å². The summed E-state index contributed by atoms with van der Waals surface area (Å²) in [5.74, 6) is 0. The number of allylic oxidation sites excluding steroid dienone is 2. The van der Waals surface area contributed by atoms with Crippen molar-refractivity contribution in [3.63, 3.8) is 0 Å². The van der Waals surface area contributed by atoms with E-state index in [1.54, 1.807) is 0 Å². The molecule has 1 N–H and O–H groups in total. The molecule has 0 saturated carbocycles. The molecule has 0 aliphatic carbocycles. The third-order valence-electron chi connectivity index (χ3n) is 1.06. The van der Waals surface area contributed by atoms with Gasteiger partial charge in [0, 0.05) is 5.41 Å². The van der Waals surface area contributed by atoms with Crippen LogP contribution in [0.3, 0.4) is 0 Å². The second-order valence-corrected chi connectivity index (χ2v) is 3.55. The van der Waals surface area contributed by atoms with E-state index in [1.807, 2.05) is 0 Å². The first-order valence-corrected chi connectivity index (χ1v) is 3.94. The number of hydrogen-bond donors (Lipinski definition) is 1. The fourth-order valence-corrected chi connectivity index (χ4v) is 1.48. The summed E-state index contributed by atoms with van der Waals surface area (Å²) in [6.07, 6.45) is 2.79. The molecule has 1 rings (SSSR count). The molecule has 4 heteroatoms. The lowest BCUT2D eigenvalue weighted by atomic mass is 10.5. The van der Waals surface area contributed by atoms with Gasteiger partial charge in [-0.25, -0.2) is 8.42 Å². The van der Waals surface area contributed by atoms with Crippen molar-refractivity contribution in [3.8, 4) is 0 Å². The van der Waals surface area contributed by atoms with Gasteiger partial charge in [-0.15, -0.1) is 0 Å². The van der Waals surface area contributed by atoms with Gasteiger partial charge in [-0.05, 0) is 12.2 Å². The van der Waals surface area contributed by atoms with Gasteiger partial charge in [0.1, 0.15) is 0 Å². The van der Waals surface area contributed by atoms with Crippen LogP contribution in [-0.4, -0.2) is 20.1 Å². The SMILES string of the molecule is O=S1(=O)C=CC=C1CO. The van der Waals surface area contributed by atoms with E-state index in [0.717, 1.165) is 5.41 Å². The van der Waals surface area contributed by atoms with Crippen LogP contribution in [0.25, 0.3) is 0 Å². The fraction of sp³-hybridized carbons (Fsp3) is 0.200. The Hall–Kier alpha value is -0.610. The second-order valence-electron chi connectivity index (χ2n) is 1.66. The fourth-order valence-electron chi connectivity index (χ4n) is 0.575. The molecule has 0 fully saturated rings. The lowest BCUT2D eigenvalue weighted by Crippen LogP contribution is -1.99. The minimum absolute atomic E-state index is 0.0718. The summed E-state index contributed by atoms with van der Waals surface area (Å²) in [5, 5.41) is 9.48. The summed E-state index contributed by atoms with van der Waals surface area (Å²) in [7, 11) is -3.21. The van der Waals surface area contributed by atoms with E-state index in [2.05, 4.69) is 0 Å². The molecule has 0 atom stereocenters. The molecule has 3 nitrogen and oxygen atoms in total. The Morgan fingerprint density at radius 2 is 2.22 bits per heavy atom. The highest BCUT2D eigenvalue weighted by Gasteiger charge is 2.15. The van der Waals surface area contributed by atoms with Gasteiger partial charge in [-0.2, -0.15) is 0 Å². The van der Waals surface area contributed by atoms with Gasteiger partial charge in [0.15, 0.2) is 9.84 Å². The van der Waals surface area contributed by atoms with Crippen LogP contribution in [0, 0.1) is 0 Å². The average Bonchev–Trinajstić information content (AvgIpc) is 2.08. The quantitative estimate of drug-likeness (QED) is 0.557. The Morgan fingerprint density at radius 1 is 1.56 bits per heavy atom. The van der Waals surface area contributed by atoms with Gasteiger partial charge in [-0.3, -0.25) is 0 Å². The highest BCUT2D eigenvalue weighted by molar-refractivity contribution is 7.98. The van der Waals surface area contributed by atoms with Gasteiger partial charge >= 0.3 is 0 Å². The lowest BCUT2D eigenvalue weighted by Gasteiger charge is -1.92. The maximum absolute atomic E-state index is 10.7. The smallest absolute Gasteiger partial charge is 0.198 e. The average molecular weight is 146 g/mol. The Morgan fingerprint density at radius 3 is 2.44 bits per heavy atom. The van der Waals surface area contributed by atoms with Gasteiger partial charge < -0.3 is 5.11 Å². The Labute approximate surface area is 53.2 Å². The highest BCUT2D eigenvalue weighted by atomic mass is 32.2. The zero-order valence-corrected chi connectivity index (χ0v) is 5.43. The van der Waals surface area contributed by atoms with Crippen LogP contribution in [0.5, 0.6) is 0 Å². The molecule has 0 saturated heterocycles. The zero-order valence-electron chi connectivity index (χ0n) is 4.61. The predicted octanol–water partition coefficient (Wildman–Crippen LogP) is -0.195. The molecule has 0 bridgehead atoms. The van der Waals surface area contributed by atoms with E-state index >= 15 is 0 Å². The monoisotopic (exact) mass is 146 g/mol. The molecular formula is C5H6O3S. The van der Waals surface area contributed by atoms with Crippen molar-refractivity contribution in [2.75, 3.05) is 6.61 Å². The molecule has 1 aliphatic rings. The summed E-state index contributed by atoms with van der Waals surface area (Å²) in [5.41, 5.74) is 0. The van der Waals surface area contributed by atoms with Crippen LogP contribution in [-0.2, 0) is 9.84 Å². The van der Waals surface area contributed by atoms with Crippen molar-refractivity contribution in [3.05, 3.63) is 22.5 Å². The molecule has 1 heterocycles. The molecule has 0 aromatic rings. The van der Waals surface area contributed by atoms with Gasteiger partial charge in [0.05, 0.1) is 11.5 Å². The van der Waals surface area contributed by atoms with Crippen molar-refractivity contribution < 1.29 is 13.5 Å². The largest absolute Gasteiger partial charge is 0.391 e. The van der Waals surface area contributed by atoms with Crippen LogP contribution in [0.1, 0.15) is 0 Å². The van der Waals surface area contributed by atoms with E-state index in [4.69, 9.17) is 5.11 Å². The van der Waals surface area contributed by atoms with Gasteiger partial charge in [0.25, 0.3) is 0 Å². The van der Waals surface area contributed by atoms with Crippen LogP contribution in [0.2, 0.25) is 0 Å². The van der Waals surface area contributed by atoms with Gasteiger partial charge in [-0.1, -0.05) is 0 Å². The second kappa shape index (κ2) is 1.97. The number of sulfone groups is 1. The standard InChI is InChI=1S/C5H6O3S/c6-4-5-2-1-3-9(5,7)8/h1-3,6H,4H2. The van der Waals surface area contributed by atoms with Crippen molar-refractivity contribution in [2.45, 2.75) is 0 Å². The van der Waals surface area contributed by atoms with Crippen LogP contribution in [0.4, 0.5) is 0 Å². The molecule has 0 spiro atoms. The predicted molar refractivity (Wildman–Crippen MR) is 33.2 cm³/mol. The topological polar surface area (TPSA) is 54.4 Å². The molecule has 9 heavy (non-hydrogen) atoms. The molecule has 50 valence electrons. The molecule has 0 unspecified atom stereocenters. The van der Waals surface area contributed by atoms with Crippen LogP contribution in [0.15, 0.2) is 22.5 Å². The molecule has 0 radical (unpaired) electrons. The van der Waals surface area contributed by atoms with Gasteiger partial charge in [0.2, 0.25) is 0 Å². The van der Waals surface area contributed by atoms with Crippen molar-refractivity contribution in [2.24, 2.45) is 0 Å². The molecule has 0 aromatic heterocycles. The summed E-state index contributed by atoms with van der Waals surface area (Å²) < 4.78 is 21.4. The number of hydrogen-bond acceptors (Lipinski definition) is 3. The first kappa shape index (κ1) is 6.51. The number of aliphatic hydroxyl groups excluding tert-OH is 1. The van der Waals surface area contributed by atoms with Crippen LogP contribution < -0.4 is 0 Å². The molecule has 0 amide bonds. The van der Waals surface area contributed by atoms with Crippen LogP contribution >= 0.6 is 0 Å². The normalized spacial score (nSPS) is 22.1. The Kier molecular flexibility index (Phi) is 1.42. The third kappa shape index (κ3) is 1.04. The number of rotatable bonds is 1. The maximum Gasteiger partial charge on any atom is 0.198 e. The molecule has 1 aliphatic heterocycles. The third-order valence-corrected chi connectivity index (χ3v) is 2.57. The molecular weight excluding hydrogens is 140 g/mol. The first-order chi connectivity index (χ1) is 4.17. The minimum atomic E-state index is -3.21. The summed E-state index contributed by atoms with van der Waals surface area (Å²) in [6, 6.07) is 0. The maximum atomic E-state index is 10.7. The Balaban J connectivity index is 3.07. The first-order valence-electron chi connectivity index (χ1n) is 2.40. The minimum Gasteiger partial charge on any atom is -0.391 e. The van der Waals surface area contributed by atoms with E-state index in [0.29, 0.717) is 0 Å². The lowest BCUT2D eigenvalue weighted by molar-refractivity contribution is 0.338. The zero-order chi connectivity index (χ0) is 6.91. The summed E-state index contributed by atoms with van der Waals surface area (Å²) in [4.78, 5) is 0.0718. The van der Waals surface area contributed by atoms with E-state index in [-0.39, 0.29) is 4.91 Å². The highest BCUT2D eigenvalue weighted by Crippen LogP contribution is 2.13. The number of aliphatic hydroxyl groups is 1. The van der Waals surface area contributed by atoms with Crippen molar-refractivity contribution >= 4 is 9.84 Å². The van der Waals surface area contributed by atoms with E-state index in [9.17, 15) is 8.42 Å². The summed E-state index contributed by atoms with van der Waals surface area (Å²) in [6.45, 7) is -0.407.